The summed E-state index contributed by atoms with van der Waals surface area (Å²) in [7, 11) is 0. The van der Waals surface area contributed by atoms with Crippen LogP contribution in [-0.4, -0.2) is 13.7 Å². The zero-order valence-corrected chi connectivity index (χ0v) is 37.4. The highest BCUT2D eigenvalue weighted by Crippen LogP contribution is 2.46. The molecule has 5 heteroatoms. The first-order valence-corrected chi connectivity index (χ1v) is 23.9. The lowest BCUT2D eigenvalue weighted by molar-refractivity contribution is 0.570. The van der Waals surface area contributed by atoms with Gasteiger partial charge in [-0.05, 0) is 132 Å². The number of benzene rings is 10. The fourth-order valence-electron chi connectivity index (χ4n) is 12.1. The van der Waals surface area contributed by atoms with Crippen LogP contribution in [0.25, 0.3) is 115 Å². The summed E-state index contributed by atoms with van der Waals surface area (Å²) in [5.74, 6) is 0.160. The van der Waals surface area contributed by atoms with Crippen LogP contribution in [0.5, 0.6) is 0 Å². The summed E-state index contributed by atoms with van der Waals surface area (Å²) in [6.45, 7) is 0. The second-order valence-electron chi connectivity index (χ2n) is 18.7. The number of hydrogen-bond donors (Lipinski definition) is 0. The summed E-state index contributed by atoms with van der Waals surface area (Å²) in [5, 5.41) is 9.60. The Balaban J connectivity index is 0.899. The van der Waals surface area contributed by atoms with Crippen molar-refractivity contribution < 1.29 is 4.42 Å². The van der Waals surface area contributed by atoms with E-state index in [1.807, 2.05) is 0 Å². The molecule has 14 aromatic rings. The number of aromatic nitrogens is 3. The van der Waals surface area contributed by atoms with E-state index in [0.29, 0.717) is 11.0 Å². The van der Waals surface area contributed by atoms with Crippen molar-refractivity contribution in [1.29, 1.82) is 0 Å². The topological polar surface area (TPSA) is 45.0 Å². The molecule has 1 atom stereocenters. The molecular formula is C64H41N3O2. The minimum atomic E-state index is -0.313. The van der Waals surface area contributed by atoms with Gasteiger partial charge < -0.3 is 18.1 Å². The maximum absolute atomic E-state index is 14.3. The van der Waals surface area contributed by atoms with Crippen molar-refractivity contribution in [3.63, 3.8) is 0 Å². The predicted molar refractivity (Wildman–Crippen MR) is 285 cm³/mol. The summed E-state index contributed by atoms with van der Waals surface area (Å²) in [4.78, 5) is 14.3. The number of aryl methyl sites for hydroxylation is 1. The van der Waals surface area contributed by atoms with E-state index in [4.69, 9.17) is 4.42 Å². The van der Waals surface area contributed by atoms with Crippen LogP contribution in [0.2, 0.25) is 0 Å². The molecule has 0 bridgehead atoms. The quantitative estimate of drug-likeness (QED) is 0.131. The molecule has 0 amide bonds. The van der Waals surface area contributed by atoms with Crippen molar-refractivity contribution >= 4 is 87.2 Å². The van der Waals surface area contributed by atoms with Gasteiger partial charge in [0.15, 0.2) is 0 Å². The van der Waals surface area contributed by atoms with Crippen LogP contribution in [0.1, 0.15) is 29.0 Å². The number of hydrogen-bond acceptors (Lipinski definition) is 2. The molecule has 4 aromatic heterocycles. The zero-order chi connectivity index (χ0) is 45.3. The molecule has 0 saturated carbocycles. The molecule has 324 valence electrons. The van der Waals surface area contributed by atoms with Gasteiger partial charge in [0, 0.05) is 72.1 Å². The summed E-state index contributed by atoms with van der Waals surface area (Å²) in [6, 6.07) is 78.7. The smallest absolute Gasteiger partial charge is 0.344 e. The molecule has 0 saturated heterocycles. The Morgan fingerprint density at radius 1 is 0.362 bits per heavy atom. The van der Waals surface area contributed by atoms with Gasteiger partial charge >= 0.3 is 5.63 Å². The average molecular weight is 884 g/mol. The molecule has 0 N–H and O–H groups in total. The van der Waals surface area contributed by atoms with E-state index in [1.54, 1.807) is 0 Å². The Kier molecular flexibility index (Phi) is 8.05. The summed E-state index contributed by atoms with van der Waals surface area (Å²) >= 11 is 0. The van der Waals surface area contributed by atoms with E-state index in [1.165, 1.54) is 65.9 Å². The van der Waals surface area contributed by atoms with Crippen LogP contribution < -0.4 is 5.63 Å². The highest BCUT2D eigenvalue weighted by atomic mass is 16.4. The minimum Gasteiger partial charge on any atom is -0.422 e. The maximum atomic E-state index is 14.3. The monoisotopic (exact) mass is 883 g/mol. The van der Waals surface area contributed by atoms with E-state index < -0.39 is 0 Å². The van der Waals surface area contributed by atoms with Crippen LogP contribution in [0.15, 0.2) is 228 Å². The standard InChI is InChI=1S/C64H41N3O2/c68-64-56-34-40-27-30-44(39-28-31-60-52(33-39)47-21-9-12-24-57(47)65(60)41-15-3-1-4-16-41)45-19-7-8-20-46(45)50(40)36-51(56)55-37-54-49-23-11-14-26-59(49)67(62(54)38-63(55)69-64)43-29-32-61-53(35-43)48-22-10-13-25-58(48)66(61)42-17-5-2-6-18-42/h1-26,28-29,31-38,44H,27,30H2. The molecule has 0 radical (unpaired) electrons. The highest BCUT2D eigenvalue weighted by Gasteiger charge is 2.27. The van der Waals surface area contributed by atoms with Crippen LogP contribution >= 0.6 is 0 Å². The van der Waals surface area contributed by atoms with Crippen molar-refractivity contribution in [2.45, 2.75) is 18.8 Å². The Bertz CT molecular complexity index is 4510. The second kappa shape index (κ2) is 14.5. The van der Waals surface area contributed by atoms with Gasteiger partial charge in [-0.15, -0.1) is 0 Å². The molecule has 69 heavy (non-hydrogen) atoms. The molecular weight excluding hydrogens is 843 g/mol. The molecule has 10 aromatic carbocycles. The Morgan fingerprint density at radius 2 is 0.899 bits per heavy atom. The van der Waals surface area contributed by atoms with Gasteiger partial charge in [-0.2, -0.15) is 0 Å². The SMILES string of the molecule is O=c1oc2cc3c(cc2c2cc4c(cc12)CCC(c1ccc2c(c1)c1ccccc1n2-c1ccccc1)c1ccccc1-4)c1ccccc1n3-c1ccc2c(c1)c1ccccc1n2-c1ccccc1. The maximum Gasteiger partial charge on any atom is 0.344 e. The fourth-order valence-corrected chi connectivity index (χ4v) is 12.1. The molecule has 1 unspecified atom stereocenters. The van der Waals surface area contributed by atoms with Crippen molar-refractivity contribution in [2.24, 2.45) is 0 Å². The molecule has 0 spiro atoms. The summed E-state index contributed by atoms with van der Waals surface area (Å²) in [6.07, 6.45) is 1.74. The first-order chi connectivity index (χ1) is 34.1. The molecule has 15 rings (SSSR count). The zero-order valence-electron chi connectivity index (χ0n) is 37.4. The Labute approximate surface area is 395 Å². The van der Waals surface area contributed by atoms with Gasteiger partial charge in [-0.3, -0.25) is 0 Å². The fraction of sp³-hybridized carbons (Fsp3) is 0.0469. The lowest BCUT2D eigenvalue weighted by Gasteiger charge is -2.19. The van der Waals surface area contributed by atoms with E-state index in [-0.39, 0.29) is 11.5 Å². The van der Waals surface area contributed by atoms with Gasteiger partial charge in [0.05, 0.1) is 38.5 Å². The number of rotatable bonds is 4. The number of para-hydroxylation sites is 5. The average Bonchev–Trinajstić information content (AvgIpc) is 3.99. The second-order valence-corrected chi connectivity index (χ2v) is 18.7. The Hall–Kier alpha value is -8.93. The van der Waals surface area contributed by atoms with Gasteiger partial charge in [-0.25, -0.2) is 4.79 Å². The minimum absolute atomic E-state index is 0.160. The van der Waals surface area contributed by atoms with Crippen molar-refractivity contribution in [2.75, 3.05) is 0 Å². The van der Waals surface area contributed by atoms with Crippen LogP contribution in [0.3, 0.4) is 0 Å². The number of fused-ring (bicyclic) bond motifs is 15. The van der Waals surface area contributed by atoms with Crippen molar-refractivity contribution in [1.82, 2.24) is 13.7 Å². The third-order valence-corrected chi connectivity index (χ3v) is 15.1. The van der Waals surface area contributed by atoms with Crippen molar-refractivity contribution in [3.05, 3.63) is 245 Å². The van der Waals surface area contributed by atoms with Gasteiger partial charge in [0.25, 0.3) is 0 Å². The van der Waals surface area contributed by atoms with E-state index in [9.17, 15) is 4.79 Å². The van der Waals surface area contributed by atoms with Gasteiger partial charge in [0.2, 0.25) is 0 Å². The number of nitrogens with zero attached hydrogens (tertiary/aromatic N) is 3. The molecule has 4 heterocycles. The third kappa shape index (κ3) is 5.56. The predicted octanol–water partition coefficient (Wildman–Crippen LogP) is 16.0. The molecule has 0 fully saturated rings. The molecule has 1 aliphatic rings. The van der Waals surface area contributed by atoms with Crippen LogP contribution in [-0.2, 0) is 6.42 Å². The van der Waals surface area contributed by atoms with E-state index >= 15 is 0 Å². The summed E-state index contributed by atoms with van der Waals surface area (Å²) < 4.78 is 13.4. The molecule has 1 aliphatic carbocycles. The van der Waals surface area contributed by atoms with E-state index in [0.717, 1.165) is 68.0 Å². The van der Waals surface area contributed by atoms with Crippen molar-refractivity contribution in [3.8, 4) is 28.2 Å². The first-order valence-electron chi connectivity index (χ1n) is 23.9. The van der Waals surface area contributed by atoms with Gasteiger partial charge in [-0.1, -0.05) is 121 Å². The van der Waals surface area contributed by atoms with Gasteiger partial charge in [0.1, 0.15) is 5.58 Å². The summed E-state index contributed by atoms with van der Waals surface area (Å²) in [5.41, 5.74) is 16.6. The largest absolute Gasteiger partial charge is 0.422 e. The molecule has 5 nitrogen and oxygen atoms in total. The lowest BCUT2D eigenvalue weighted by Crippen LogP contribution is -2.03. The van der Waals surface area contributed by atoms with Crippen LogP contribution in [0, 0.1) is 0 Å². The highest BCUT2D eigenvalue weighted by molar-refractivity contribution is 6.18. The molecule has 0 aliphatic heterocycles. The Morgan fingerprint density at radius 3 is 1.57 bits per heavy atom. The lowest BCUT2D eigenvalue weighted by atomic mass is 9.85. The first kappa shape index (κ1) is 38.2. The normalized spacial score (nSPS) is 13.9. The van der Waals surface area contributed by atoms with Crippen LogP contribution in [0.4, 0.5) is 0 Å². The van der Waals surface area contributed by atoms with E-state index in [2.05, 4.69) is 232 Å². The third-order valence-electron chi connectivity index (χ3n) is 15.1.